The van der Waals surface area contributed by atoms with Crippen molar-refractivity contribution in [3.8, 4) is 0 Å². The van der Waals surface area contributed by atoms with Crippen molar-refractivity contribution in [2.75, 3.05) is 0 Å². The van der Waals surface area contributed by atoms with Crippen LogP contribution in [0, 0.1) is 5.41 Å². The first-order valence-electron chi connectivity index (χ1n) is 5.34. The average molecular weight is 182 g/mol. The minimum absolute atomic E-state index is 0.482. The molecule has 13 heavy (non-hydrogen) atoms. The Morgan fingerprint density at radius 1 is 1.54 bits per heavy atom. The Morgan fingerprint density at radius 3 is 2.69 bits per heavy atom. The first-order chi connectivity index (χ1) is 6.03. The summed E-state index contributed by atoms with van der Waals surface area (Å²) in [6, 6.07) is 0.510. The van der Waals surface area contributed by atoms with Gasteiger partial charge in [-0.15, -0.1) is 0 Å². The predicted octanol–water partition coefficient (Wildman–Crippen LogP) is 2.94. The highest BCUT2D eigenvalue weighted by molar-refractivity contribution is 5.86. The highest BCUT2D eigenvalue weighted by Gasteiger charge is 2.27. The second-order valence-corrected chi connectivity index (χ2v) is 4.96. The van der Waals surface area contributed by atoms with Gasteiger partial charge in [-0.1, -0.05) is 20.8 Å². The lowest BCUT2D eigenvalue weighted by Gasteiger charge is -2.14. The molecule has 1 rings (SSSR count). The first-order valence-corrected chi connectivity index (χ1v) is 5.34. The summed E-state index contributed by atoms with van der Waals surface area (Å²) in [6.45, 7) is 8.98. The molecule has 1 saturated carbocycles. The van der Waals surface area contributed by atoms with Crippen LogP contribution in [0.3, 0.4) is 0 Å². The molecule has 2 heteroatoms. The van der Waals surface area contributed by atoms with Gasteiger partial charge in [-0.3, -0.25) is 0 Å². The van der Waals surface area contributed by atoms with Crippen molar-refractivity contribution in [2.24, 2.45) is 10.5 Å². The third kappa shape index (κ3) is 3.37. The topological polar surface area (TPSA) is 24.4 Å². The second-order valence-electron chi connectivity index (χ2n) is 4.96. The Balaban J connectivity index is 2.37. The van der Waals surface area contributed by atoms with E-state index in [4.69, 9.17) is 0 Å². The van der Waals surface area contributed by atoms with E-state index in [0.717, 1.165) is 12.8 Å². The fourth-order valence-electron chi connectivity index (χ4n) is 1.60. The summed E-state index contributed by atoms with van der Waals surface area (Å²) in [7, 11) is 0. The van der Waals surface area contributed by atoms with Crippen LogP contribution in [0.1, 0.15) is 53.4 Å². The molecular weight excluding hydrogens is 160 g/mol. The maximum absolute atomic E-state index is 4.46. The van der Waals surface area contributed by atoms with Gasteiger partial charge in [0.1, 0.15) is 0 Å². The summed E-state index contributed by atoms with van der Waals surface area (Å²) in [5, 5.41) is 4.46. The van der Waals surface area contributed by atoms with Crippen molar-refractivity contribution >= 4 is 5.71 Å². The summed E-state index contributed by atoms with van der Waals surface area (Å²) < 4.78 is 0. The smallest absolute Gasteiger partial charge is 0.0409 e. The Hall–Kier alpha value is -0.530. The van der Waals surface area contributed by atoms with E-state index in [2.05, 4.69) is 38.2 Å². The zero-order valence-electron chi connectivity index (χ0n) is 9.35. The molecule has 0 saturated heterocycles. The van der Waals surface area contributed by atoms with Crippen LogP contribution in [-0.4, -0.2) is 11.8 Å². The molecule has 0 radical (unpaired) electrons. The molecule has 1 aliphatic carbocycles. The molecule has 0 aromatic rings. The lowest BCUT2D eigenvalue weighted by atomic mass is 9.92. The van der Waals surface area contributed by atoms with Gasteiger partial charge in [0.15, 0.2) is 0 Å². The minimum atomic E-state index is 0.482. The number of hydrazone groups is 1. The van der Waals surface area contributed by atoms with E-state index in [1.54, 1.807) is 0 Å². The average Bonchev–Trinajstić information content (AvgIpc) is 2.41. The van der Waals surface area contributed by atoms with Crippen molar-refractivity contribution in [2.45, 2.75) is 59.4 Å². The van der Waals surface area contributed by atoms with Gasteiger partial charge in [-0.2, -0.15) is 5.10 Å². The molecule has 1 fully saturated rings. The third-order valence-corrected chi connectivity index (χ3v) is 2.83. The van der Waals surface area contributed by atoms with E-state index in [1.165, 1.54) is 18.6 Å². The van der Waals surface area contributed by atoms with Gasteiger partial charge in [0, 0.05) is 11.8 Å². The Bertz CT molecular complexity index is 194. The van der Waals surface area contributed by atoms with Crippen molar-refractivity contribution in [1.29, 1.82) is 0 Å². The van der Waals surface area contributed by atoms with Crippen LogP contribution in [0.5, 0.6) is 0 Å². The van der Waals surface area contributed by atoms with Crippen LogP contribution < -0.4 is 5.43 Å². The van der Waals surface area contributed by atoms with E-state index in [-0.39, 0.29) is 0 Å². The lowest BCUT2D eigenvalue weighted by Crippen LogP contribution is -2.20. The van der Waals surface area contributed by atoms with Gasteiger partial charge in [-0.05, 0) is 38.0 Å². The van der Waals surface area contributed by atoms with E-state index in [1.807, 2.05) is 0 Å². The SMILES string of the molecule is CCC(C)N/N=C1\CCC(C)(C)C1. The van der Waals surface area contributed by atoms with Gasteiger partial charge < -0.3 is 5.43 Å². The molecule has 0 heterocycles. The first kappa shape index (κ1) is 10.6. The molecule has 1 atom stereocenters. The molecule has 1 N–H and O–H groups in total. The number of rotatable bonds is 3. The van der Waals surface area contributed by atoms with Crippen LogP contribution >= 0.6 is 0 Å². The number of nitrogens with one attached hydrogen (secondary N) is 1. The second kappa shape index (κ2) is 4.12. The summed E-state index contributed by atoms with van der Waals surface area (Å²) in [4.78, 5) is 0. The van der Waals surface area contributed by atoms with Gasteiger partial charge >= 0.3 is 0 Å². The standard InChI is InChI=1S/C11H22N2/c1-5-9(2)12-13-10-6-7-11(3,4)8-10/h9,12H,5-8H2,1-4H3/b13-10+. The van der Waals surface area contributed by atoms with Crippen molar-refractivity contribution < 1.29 is 0 Å². The van der Waals surface area contributed by atoms with Gasteiger partial charge in [0.2, 0.25) is 0 Å². The molecule has 76 valence electrons. The number of nitrogens with zero attached hydrogens (tertiary/aromatic N) is 1. The molecule has 1 unspecified atom stereocenters. The van der Waals surface area contributed by atoms with Crippen molar-refractivity contribution in [3.63, 3.8) is 0 Å². The number of hydrogen-bond donors (Lipinski definition) is 1. The molecule has 0 spiro atoms. The van der Waals surface area contributed by atoms with E-state index < -0.39 is 0 Å². The molecule has 1 aliphatic rings. The predicted molar refractivity (Wildman–Crippen MR) is 58.0 cm³/mol. The maximum Gasteiger partial charge on any atom is 0.0409 e. The van der Waals surface area contributed by atoms with Crippen LogP contribution in [-0.2, 0) is 0 Å². The fraction of sp³-hybridized carbons (Fsp3) is 0.909. The molecule has 0 aromatic heterocycles. The molecule has 0 aromatic carbocycles. The van der Waals surface area contributed by atoms with Crippen LogP contribution in [0.25, 0.3) is 0 Å². The third-order valence-electron chi connectivity index (χ3n) is 2.83. The summed E-state index contributed by atoms with van der Waals surface area (Å²) in [5.74, 6) is 0. The number of hydrogen-bond acceptors (Lipinski definition) is 2. The van der Waals surface area contributed by atoms with Gasteiger partial charge in [0.05, 0.1) is 0 Å². The zero-order valence-corrected chi connectivity index (χ0v) is 9.35. The Morgan fingerprint density at radius 2 is 2.23 bits per heavy atom. The normalized spacial score (nSPS) is 26.3. The minimum Gasteiger partial charge on any atom is -0.307 e. The van der Waals surface area contributed by atoms with Crippen molar-refractivity contribution in [3.05, 3.63) is 0 Å². The molecule has 0 bridgehead atoms. The quantitative estimate of drug-likeness (QED) is 0.667. The fourth-order valence-corrected chi connectivity index (χ4v) is 1.60. The zero-order chi connectivity index (χ0) is 9.90. The summed E-state index contributed by atoms with van der Waals surface area (Å²) in [6.07, 6.45) is 4.76. The van der Waals surface area contributed by atoms with Gasteiger partial charge in [0.25, 0.3) is 0 Å². The molecular formula is C11H22N2. The molecule has 0 amide bonds. The molecule has 2 nitrogen and oxygen atoms in total. The van der Waals surface area contributed by atoms with E-state index in [9.17, 15) is 0 Å². The van der Waals surface area contributed by atoms with Crippen LogP contribution in [0.4, 0.5) is 0 Å². The lowest BCUT2D eigenvalue weighted by molar-refractivity contribution is 0.392. The largest absolute Gasteiger partial charge is 0.307 e. The highest BCUT2D eigenvalue weighted by atomic mass is 15.3. The maximum atomic E-state index is 4.46. The van der Waals surface area contributed by atoms with Crippen LogP contribution in [0.2, 0.25) is 0 Å². The van der Waals surface area contributed by atoms with Crippen LogP contribution in [0.15, 0.2) is 5.10 Å². The highest BCUT2D eigenvalue weighted by Crippen LogP contribution is 2.34. The Labute approximate surface area is 81.8 Å². The van der Waals surface area contributed by atoms with E-state index >= 15 is 0 Å². The van der Waals surface area contributed by atoms with Crippen molar-refractivity contribution in [1.82, 2.24) is 5.43 Å². The summed E-state index contributed by atoms with van der Waals surface area (Å²) >= 11 is 0. The summed E-state index contributed by atoms with van der Waals surface area (Å²) in [5.41, 5.74) is 5.03. The van der Waals surface area contributed by atoms with Gasteiger partial charge in [-0.25, -0.2) is 0 Å². The monoisotopic (exact) mass is 182 g/mol. The molecule has 0 aliphatic heterocycles. The van der Waals surface area contributed by atoms with E-state index in [0.29, 0.717) is 11.5 Å². The Kier molecular flexibility index (Phi) is 3.34.